The standard InChI is InChI=1S/C31H31ClN2O3S/c1-36-26-14-8-21(9-15-26)18-24-4-3-5-28-30(24)33-34(31(28)23-10-16-27(37-2)17-11-23)29(35)20-38-19-22-6-12-25(32)13-7-22/h6-18,28,31H,3-5,19-20H2,1-2H3/b24-18-/t28-,31-/m0/s1. The van der Waals surface area contributed by atoms with Crippen LogP contribution < -0.4 is 9.47 Å². The second-order valence-electron chi connectivity index (χ2n) is 9.50. The highest BCUT2D eigenvalue weighted by Gasteiger charge is 2.43. The second kappa shape index (κ2) is 12.1. The van der Waals surface area contributed by atoms with Crippen molar-refractivity contribution in [3.63, 3.8) is 0 Å². The summed E-state index contributed by atoms with van der Waals surface area (Å²) in [4.78, 5) is 13.6. The van der Waals surface area contributed by atoms with Gasteiger partial charge >= 0.3 is 0 Å². The molecule has 0 bridgehead atoms. The summed E-state index contributed by atoms with van der Waals surface area (Å²) in [5.41, 5.74) is 5.56. The summed E-state index contributed by atoms with van der Waals surface area (Å²) in [6.07, 6.45) is 5.21. The number of ether oxygens (including phenoxy) is 2. The fraction of sp³-hybridized carbons (Fsp3) is 0.290. The molecular weight excluding hydrogens is 516 g/mol. The molecule has 5 rings (SSSR count). The zero-order chi connectivity index (χ0) is 26.5. The number of carbonyl (C=O) groups is 1. The molecule has 7 heteroatoms. The van der Waals surface area contributed by atoms with Crippen LogP contribution in [-0.2, 0) is 10.5 Å². The minimum absolute atomic E-state index is 0.0236. The number of hydrazone groups is 1. The number of amides is 1. The molecule has 1 amide bonds. The second-order valence-corrected chi connectivity index (χ2v) is 10.9. The molecule has 1 heterocycles. The molecule has 0 aromatic heterocycles. The monoisotopic (exact) mass is 546 g/mol. The number of hydrogen-bond donors (Lipinski definition) is 0. The highest BCUT2D eigenvalue weighted by atomic mass is 35.5. The Morgan fingerprint density at radius 1 is 1.00 bits per heavy atom. The van der Waals surface area contributed by atoms with Gasteiger partial charge in [0, 0.05) is 16.7 Å². The Bertz CT molecular complexity index is 1320. The Hall–Kier alpha value is -3.22. The van der Waals surface area contributed by atoms with Crippen molar-refractivity contribution in [1.82, 2.24) is 5.01 Å². The van der Waals surface area contributed by atoms with Crippen molar-refractivity contribution >= 4 is 41.1 Å². The van der Waals surface area contributed by atoms with Gasteiger partial charge in [0.2, 0.25) is 0 Å². The molecule has 0 radical (unpaired) electrons. The number of thioether (sulfide) groups is 1. The topological polar surface area (TPSA) is 51.1 Å². The van der Waals surface area contributed by atoms with Crippen LogP contribution in [0.15, 0.2) is 83.5 Å². The van der Waals surface area contributed by atoms with Crippen LogP contribution in [0.1, 0.15) is 42.0 Å². The van der Waals surface area contributed by atoms with Crippen molar-refractivity contribution < 1.29 is 14.3 Å². The number of benzene rings is 3. The van der Waals surface area contributed by atoms with Gasteiger partial charge in [-0.2, -0.15) is 5.10 Å². The first-order valence-corrected chi connectivity index (χ1v) is 14.3. The molecule has 0 N–H and O–H groups in total. The van der Waals surface area contributed by atoms with Crippen molar-refractivity contribution in [2.75, 3.05) is 20.0 Å². The zero-order valence-corrected chi connectivity index (χ0v) is 23.2. The fourth-order valence-electron chi connectivity index (χ4n) is 5.15. The maximum atomic E-state index is 13.6. The van der Waals surface area contributed by atoms with E-state index in [-0.39, 0.29) is 17.9 Å². The summed E-state index contributed by atoms with van der Waals surface area (Å²) in [6.45, 7) is 0. The first kappa shape index (κ1) is 26.4. The van der Waals surface area contributed by atoms with E-state index in [1.54, 1.807) is 31.0 Å². The molecule has 3 aromatic carbocycles. The van der Waals surface area contributed by atoms with E-state index in [1.165, 1.54) is 5.57 Å². The Morgan fingerprint density at radius 3 is 2.32 bits per heavy atom. The van der Waals surface area contributed by atoms with Crippen molar-refractivity contribution in [3.05, 3.63) is 100 Å². The van der Waals surface area contributed by atoms with Gasteiger partial charge in [-0.1, -0.05) is 48.0 Å². The molecule has 1 saturated carbocycles. The van der Waals surface area contributed by atoms with Gasteiger partial charge in [0.15, 0.2) is 0 Å². The quantitative estimate of drug-likeness (QED) is 0.295. The van der Waals surface area contributed by atoms with Gasteiger partial charge in [-0.25, -0.2) is 5.01 Å². The summed E-state index contributed by atoms with van der Waals surface area (Å²) in [7, 11) is 3.34. The average molecular weight is 547 g/mol. The third kappa shape index (κ3) is 5.92. The summed E-state index contributed by atoms with van der Waals surface area (Å²) >= 11 is 7.61. The lowest BCUT2D eigenvalue weighted by Gasteiger charge is -2.29. The number of nitrogens with zero attached hydrogens (tertiary/aromatic N) is 2. The minimum atomic E-state index is -0.126. The highest BCUT2D eigenvalue weighted by Crippen LogP contribution is 2.45. The van der Waals surface area contributed by atoms with E-state index in [4.69, 9.17) is 26.2 Å². The Balaban J connectivity index is 1.40. The average Bonchev–Trinajstić information content (AvgIpc) is 3.35. The van der Waals surface area contributed by atoms with Crippen molar-refractivity contribution in [3.8, 4) is 11.5 Å². The first-order valence-electron chi connectivity index (χ1n) is 12.8. The van der Waals surface area contributed by atoms with Crippen LogP contribution in [0.25, 0.3) is 6.08 Å². The van der Waals surface area contributed by atoms with E-state index >= 15 is 0 Å². The predicted octanol–water partition coefficient (Wildman–Crippen LogP) is 7.41. The molecule has 0 saturated heterocycles. The smallest absolute Gasteiger partial charge is 0.253 e. The largest absolute Gasteiger partial charge is 0.497 e. The summed E-state index contributed by atoms with van der Waals surface area (Å²) in [6, 6.07) is 23.7. The summed E-state index contributed by atoms with van der Waals surface area (Å²) < 4.78 is 10.7. The van der Waals surface area contributed by atoms with Gasteiger partial charge in [-0.3, -0.25) is 4.79 Å². The van der Waals surface area contributed by atoms with Gasteiger partial charge in [0.05, 0.1) is 31.7 Å². The lowest BCUT2D eigenvalue weighted by atomic mass is 9.77. The summed E-state index contributed by atoms with van der Waals surface area (Å²) in [5.74, 6) is 2.91. The minimum Gasteiger partial charge on any atom is -0.497 e. The lowest BCUT2D eigenvalue weighted by Crippen LogP contribution is -2.32. The van der Waals surface area contributed by atoms with Crippen LogP contribution in [0.3, 0.4) is 0 Å². The third-order valence-electron chi connectivity index (χ3n) is 7.08. The van der Waals surface area contributed by atoms with E-state index < -0.39 is 0 Å². The Labute approximate surface area is 233 Å². The van der Waals surface area contributed by atoms with Crippen molar-refractivity contribution in [1.29, 1.82) is 0 Å². The van der Waals surface area contributed by atoms with Crippen LogP contribution in [0, 0.1) is 5.92 Å². The SMILES string of the molecule is COc1ccc(/C=C2/CCC[C@H]3C2=NN(C(=O)CSCc2ccc(Cl)cc2)[C@H]3c2ccc(OC)cc2)cc1. The number of hydrogen-bond acceptors (Lipinski definition) is 5. The van der Waals surface area contributed by atoms with E-state index in [1.807, 2.05) is 48.5 Å². The molecule has 2 atom stereocenters. The van der Waals surface area contributed by atoms with E-state index in [0.29, 0.717) is 10.8 Å². The van der Waals surface area contributed by atoms with Gasteiger partial charge in [0.25, 0.3) is 5.91 Å². The molecule has 5 nitrogen and oxygen atoms in total. The molecule has 3 aromatic rings. The predicted molar refractivity (Wildman–Crippen MR) is 156 cm³/mol. The first-order chi connectivity index (χ1) is 18.6. The normalized spacial score (nSPS) is 19.7. The van der Waals surface area contributed by atoms with E-state index in [9.17, 15) is 4.79 Å². The third-order valence-corrected chi connectivity index (χ3v) is 8.32. The number of carbonyl (C=O) groups excluding carboxylic acids is 1. The molecule has 1 fully saturated rings. The molecular formula is C31H31ClN2O3S. The number of allylic oxidation sites excluding steroid dienone is 1. The fourth-order valence-corrected chi connectivity index (χ4v) is 6.11. The number of methoxy groups -OCH3 is 2. The van der Waals surface area contributed by atoms with Crippen LogP contribution >= 0.6 is 23.4 Å². The lowest BCUT2D eigenvalue weighted by molar-refractivity contribution is -0.130. The van der Waals surface area contributed by atoms with Crippen molar-refractivity contribution in [2.24, 2.45) is 11.0 Å². The molecule has 196 valence electrons. The van der Waals surface area contributed by atoms with Gasteiger partial charge in [-0.15, -0.1) is 11.8 Å². The highest BCUT2D eigenvalue weighted by molar-refractivity contribution is 7.99. The van der Waals surface area contributed by atoms with Crippen LogP contribution in [0.2, 0.25) is 5.02 Å². The van der Waals surface area contributed by atoms with Gasteiger partial charge < -0.3 is 9.47 Å². The Kier molecular flexibility index (Phi) is 8.40. The van der Waals surface area contributed by atoms with E-state index in [2.05, 4.69) is 30.3 Å². The van der Waals surface area contributed by atoms with Crippen LogP contribution in [0.5, 0.6) is 11.5 Å². The number of rotatable bonds is 8. The van der Waals surface area contributed by atoms with Crippen LogP contribution in [-0.4, -0.2) is 36.6 Å². The Morgan fingerprint density at radius 2 is 1.66 bits per heavy atom. The molecule has 2 aliphatic rings. The maximum absolute atomic E-state index is 13.6. The number of fused-ring (bicyclic) bond motifs is 1. The van der Waals surface area contributed by atoms with Gasteiger partial charge in [-0.05, 0) is 84.0 Å². The van der Waals surface area contributed by atoms with Crippen LogP contribution in [0.4, 0.5) is 0 Å². The molecule has 1 aliphatic heterocycles. The van der Waals surface area contributed by atoms with Gasteiger partial charge in [0.1, 0.15) is 11.5 Å². The number of halogens is 1. The molecule has 0 spiro atoms. The molecule has 1 aliphatic carbocycles. The summed E-state index contributed by atoms with van der Waals surface area (Å²) in [5, 5.41) is 7.46. The zero-order valence-electron chi connectivity index (χ0n) is 21.6. The maximum Gasteiger partial charge on any atom is 0.253 e. The molecule has 38 heavy (non-hydrogen) atoms. The molecule has 0 unspecified atom stereocenters. The van der Waals surface area contributed by atoms with E-state index in [0.717, 1.165) is 58.9 Å². The van der Waals surface area contributed by atoms with Crippen molar-refractivity contribution in [2.45, 2.75) is 31.1 Å².